The standard InChI is InChI=1S/C11H11ClO3/c1-3-10(13)7-4-5-8(9(12)6-7)11(14)15-2/h3-6,10,13H,1H2,2H3. The van der Waals surface area contributed by atoms with Gasteiger partial charge in [-0.25, -0.2) is 4.79 Å². The van der Waals surface area contributed by atoms with Gasteiger partial charge in [-0.15, -0.1) is 6.58 Å². The Morgan fingerprint density at radius 1 is 1.67 bits per heavy atom. The first-order chi connectivity index (χ1) is 7.10. The number of methoxy groups -OCH3 is 1. The van der Waals surface area contributed by atoms with Gasteiger partial charge in [-0.1, -0.05) is 23.7 Å². The van der Waals surface area contributed by atoms with E-state index >= 15 is 0 Å². The minimum Gasteiger partial charge on any atom is -0.465 e. The van der Waals surface area contributed by atoms with Gasteiger partial charge < -0.3 is 9.84 Å². The summed E-state index contributed by atoms with van der Waals surface area (Å²) in [6.45, 7) is 3.46. The summed E-state index contributed by atoms with van der Waals surface area (Å²) >= 11 is 5.86. The fourth-order valence-corrected chi connectivity index (χ4v) is 1.39. The molecule has 0 amide bonds. The summed E-state index contributed by atoms with van der Waals surface area (Å²) in [6.07, 6.45) is 0.595. The number of hydrogen-bond acceptors (Lipinski definition) is 3. The number of esters is 1. The van der Waals surface area contributed by atoms with Crippen LogP contribution >= 0.6 is 11.6 Å². The lowest BCUT2D eigenvalue weighted by molar-refractivity contribution is 0.0601. The second-order valence-electron chi connectivity index (χ2n) is 2.91. The summed E-state index contributed by atoms with van der Waals surface area (Å²) < 4.78 is 4.54. The van der Waals surface area contributed by atoms with Crippen LogP contribution in [0.5, 0.6) is 0 Å². The molecule has 15 heavy (non-hydrogen) atoms. The lowest BCUT2D eigenvalue weighted by Crippen LogP contribution is -2.03. The Balaban J connectivity index is 3.08. The topological polar surface area (TPSA) is 46.5 Å². The predicted molar refractivity (Wildman–Crippen MR) is 57.9 cm³/mol. The second-order valence-corrected chi connectivity index (χ2v) is 3.32. The molecule has 0 aliphatic carbocycles. The van der Waals surface area contributed by atoms with Crippen LogP contribution in [0.2, 0.25) is 5.02 Å². The molecule has 0 aliphatic rings. The highest BCUT2D eigenvalue weighted by atomic mass is 35.5. The average molecular weight is 227 g/mol. The van der Waals surface area contributed by atoms with Crippen LogP contribution in [-0.4, -0.2) is 18.2 Å². The Morgan fingerprint density at radius 3 is 2.80 bits per heavy atom. The van der Waals surface area contributed by atoms with E-state index in [1.165, 1.54) is 25.3 Å². The number of ether oxygens (including phenoxy) is 1. The number of carbonyl (C=O) groups excluding carboxylic acids is 1. The Kier molecular flexibility index (Phi) is 3.88. The molecule has 0 bridgehead atoms. The lowest BCUT2D eigenvalue weighted by Gasteiger charge is -2.08. The molecular formula is C11H11ClO3. The summed E-state index contributed by atoms with van der Waals surface area (Å²) in [5.74, 6) is -0.500. The van der Waals surface area contributed by atoms with Crippen molar-refractivity contribution in [1.82, 2.24) is 0 Å². The van der Waals surface area contributed by atoms with Crippen LogP contribution in [0.4, 0.5) is 0 Å². The van der Waals surface area contributed by atoms with Gasteiger partial charge in [-0.2, -0.15) is 0 Å². The van der Waals surface area contributed by atoms with Gasteiger partial charge in [0.05, 0.1) is 23.8 Å². The SMILES string of the molecule is C=CC(O)c1ccc(C(=O)OC)c(Cl)c1. The largest absolute Gasteiger partial charge is 0.465 e. The van der Waals surface area contributed by atoms with Crippen molar-refractivity contribution in [2.75, 3.05) is 7.11 Å². The van der Waals surface area contributed by atoms with Crippen molar-refractivity contribution < 1.29 is 14.6 Å². The number of halogens is 1. The third-order valence-electron chi connectivity index (χ3n) is 1.96. The molecule has 4 heteroatoms. The number of aliphatic hydroxyl groups excluding tert-OH is 1. The molecule has 0 aromatic heterocycles. The highest BCUT2D eigenvalue weighted by molar-refractivity contribution is 6.33. The molecule has 0 saturated carbocycles. The number of rotatable bonds is 3. The number of carbonyl (C=O) groups is 1. The Labute approximate surface area is 92.9 Å². The van der Waals surface area contributed by atoms with Crippen molar-refractivity contribution in [3.63, 3.8) is 0 Å². The molecular weight excluding hydrogens is 216 g/mol. The van der Waals surface area contributed by atoms with Crippen LogP contribution in [0.25, 0.3) is 0 Å². The molecule has 3 nitrogen and oxygen atoms in total. The van der Waals surface area contributed by atoms with E-state index in [4.69, 9.17) is 11.6 Å². The van der Waals surface area contributed by atoms with Gasteiger partial charge >= 0.3 is 5.97 Å². The van der Waals surface area contributed by atoms with Crippen molar-refractivity contribution in [3.05, 3.63) is 47.0 Å². The molecule has 0 saturated heterocycles. The molecule has 0 fully saturated rings. The van der Waals surface area contributed by atoms with E-state index in [0.717, 1.165) is 0 Å². The predicted octanol–water partition coefficient (Wildman–Crippen LogP) is 2.35. The molecule has 1 aromatic carbocycles. The van der Waals surface area contributed by atoms with Gasteiger partial charge in [0.1, 0.15) is 0 Å². The van der Waals surface area contributed by atoms with E-state index < -0.39 is 12.1 Å². The minimum atomic E-state index is -0.783. The third kappa shape index (κ3) is 2.58. The van der Waals surface area contributed by atoms with E-state index in [1.807, 2.05) is 0 Å². The van der Waals surface area contributed by atoms with Gasteiger partial charge in [-0.3, -0.25) is 0 Å². The molecule has 0 aliphatic heterocycles. The van der Waals surface area contributed by atoms with E-state index in [2.05, 4.69) is 11.3 Å². The zero-order chi connectivity index (χ0) is 11.4. The Morgan fingerprint density at radius 2 is 2.33 bits per heavy atom. The molecule has 1 unspecified atom stereocenters. The second kappa shape index (κ2) is 4.96. The van der Waals surface area contributed by atoms with Crippen LogP contribution in [0, 0.1) is 0 Å². The average Bonchev–Trinajstić information content (AvgIpc) is 2.26. The van der Waals surface area contributed by atoms with Crippen molar-refractivity contribution in [2.24, 2.45) is 0 Å². The Hall–Kier alpha value is -1.32. The molecule has 0 radical (unpaired) electrons. The monoisotopic (exact) mass is 226 g/mol. The molecule has 0 spiro atoms. The maximum Gasteiger partial charge on any atom is 0.339 e. The lowest BCUT2D eigenvalue weighted by atomic mass is 10.1. The number of hydrogen-bond donors (Lipinski definition) is 1. The van der Waals surface area contributed by atoms with Crippen LogP contribution in [-0.2, 0) is 4.74 Å². The quantitative estimate of drug-likeness (QED) is 0.636. The van der Waals surface area contributed by atoms with Crippen molar-refractivity contribution >= 4 is 17.6 Å². The fourth-order valence-electron chi connectivity index (χ4n) is 1.13. The van der Waals surface area contributed by atoms with E-state index in [1.54, 1.807) is 6.07 Å². The van der Waals surface area contributed by atoms with Gasteiger partial charge in [0.2, 0.25) is 0 Å². The van der Waals surface area contributed by atoms with Crippen molar-refractivity contribution in [3.8, 4) is 0 Å². The first-order valence-corrected chi connectivity index (χ1v) is 4.66. The summed E-state index contributed by atoms with van der Waals surface area (Å²) in [7, 11) is 1.28. The summed E-state index contributed by atoms with van der Waals surface area (Å²) in [4.78, 5) is 11.2. The highest BCUT2D eigenvalue weighted by Crippen LogP contribution is 2.22. The summed E-state index contributed by atoms with van der Waals surface area (Å²) in [5, 5.41) is 9.70. The van der Waals surface area contributed by atoms with Gasteiger partial charge in [0.25, 0.3) is 0 Å². The van der Waals surface area contributed by atoms with Gasteiger partial charge in [0.15, 0.2) is 0 Å². The summed E-state index contributed by atoms with van der Waals surface area (Å²) in [5.41, 5.74) is 0.863. The van der Waals surface area contributed by atoms with E-state index in [-0.39, 0.29) is 10.6 Å². The molecule has 1 N–H and O–H groups in total. The first kappa shape index (κ1) is 11.8. The van der Waals surface area contributed by atoms with Gasteiger partial charge in [-0.05, 0) is 17.7 Å². The maximum atomic E-state index is 11.2. The van der Waals surface area contributed by atoms with Gasteiger partial charge in [0, 0.05) is 0 Å². The molecule has 1 aromatic rings. The molecule has 80 valence electrons. The molecule has 0 heterocycles. The Bertz CT molecular complexity index is 387. The zero-order valence-electron chi connectivity index (χ0n) is 8.24. The van der Waals surface area contributed by atoms with Crippen LogP contribution < -0.4 is 0 Å². The van der Waals surface area contributed by atoms with Crippen LogP contribution in [0.15, 0.2) is 30.9 Å². The minimum absolute atomic E-state index is 0.250. The van der Waals surface area contributed by atoms with E-state index in [0.29, 0.717) is 5.56 Å². The van der Waals surface area contributed by atoms with Crippen molar-refractivity contribution in [2.45, 2.75) is 6.10 Å². The smallest absolute Gasteiger partial charge is 0.339 e. The normalized spacial score (nSPS) is 11.9. The molecule has 1 atom stereocenters. The number of aliphatic hydroxyl groups is 1. The molecule has 1 rings (SSSR count). The maximum absolute atomic E-state index is 11.2. The van der Waals surface area contributed by atoms with Crippen LogP contribution in [0.3, 0.4) is 0 Å². The highest BCUT2D eigenvalue weighted by Gasteiger charge is 2.12. The number of benzene rings is 1. The van der Waals surface area contributed by atoms with Crippen LogP contribution in [0.1, 0.15) is 22.0 Å². The fraction of sp³-hybridized carbons (Fsp3) is 0.182. The van der Waals surface area contributed by atoms with Crippen molar-refractivity contribution in [1.29, 1.82) is 0 Å². The first-order valence-electron chi connectivity index (χ1n) is 4.28. The zero-order valence-corrected chi connectivity index (χ0v) is 8.99. The van der Waals surface area contributed by atoms with E-state index in [9.17, 15) is 9.90 Å². The third-order valence-corrected chi connectivity index (χ3v) is 2.28. The summed E-state index contributed by atoms with van der Waals surface area (Å²) in [6, 6.07) is 4.63.